The summed E-state index contributed by atoms with van der Waals surface area (Å²) in [7, 11) is 0. The van der Waals surface area contributed by atoms with E-state index in [1.807, 2.05) is 24.3 Å². The quantitative estimate of drug-likeness (QED) is 0.234. The summed E-state index contributed by atoms with van der Waals surface area (Å²) in [5, 5.41) is 11.2. The number of likely N-dealkylation sites (tertiary alicyclic amines) is 1. The molecule has 0 aliphatic carbocycles. The van der Waals surface area contributed by atoms with E-state index in [1.54, 1.807) is 42.6 Å². The third kappa shape index (κ3) is 5.54. The summed E-state index contributed by atoms with van der Waals surface area (Å²) in [5.41, 5.74) is 8.22. The largest absolute Gasteiger partial charge is 0.494 e. The number of hydrogen-bond acceptors (Lipinski definition) is 6. The van der Waals surface area contributed by atoms with E-state index >= 15 is 0 Å². The Labute approximate surface area is 214 Å². The Hall–Kier alpha value is -4.43. The number of H-pyrrole nitrogens is 1. The van der Waals surface area contributed by atoms with Crippen molar-refractivity contribution in [3.8, 4) is 11.6 Å². The lowest BCUT2D eigenvalue weighted by Crippen LogP contribution is -2.25. The first-order valence-corrected chi connectivity index (χ1v) is 12.3. The van der Waals surface area contributed by atoms with Crippen molar-refractivity contribution in [2.24, 2.45) is 10.7 Å². The number of aliphatic imine (C=N–C) groups is 1. The molecule has 188 valence electrons. The molecule has 1 saturated heterocycles. The Morgan fingerprint density at radius 1 is 1.00 bits per heavy atom. The smallest absolute Gasteiger partial charge is 0.248 e. The van der Waals surface area contributed by atoms with Gasteiger partial charge in [-0.05, 0) is 68.4 Å². The molecule has 1 fully saturated rings. The average molecular weight is 497 g/mol. The molecule has 0 unspecified atom stereocenters. The highest BCUT2D eigenvalue weighted by Gasteiger charge is 2.15. The van der Waals surface area contributed by atoms with E-state index in [9.17, 15) is 14.7 Å². The highest BCUT2D eigenvalue weighted by atomic mass is 16.5. The van der Waals surface area contributed by atoms with Crippen LogP contribution in [0.25, 0.3) is 10.9 Å². The molecule has 5 rings (SSSR count). The number of nitrogens with one attached hydrogen (secondary N) is 1. The zero-order valence-corrected chi connectivity index (χ0v) is 20.3. The number of fused-ring (bicyclic) bond motifs is 1. The third-order valence-corrected chi connectivity index (χ3v) is 6.54. The number of amides is 1. The number of carbonyl (C=O) groups excluding carboxylic acids is 2. The predicted octanol–water partition coefficient (Wildman–Crippen LogP) is 4.43. The summed E-state index contributed by atoms with van der Waals surface area (Å²) in [4.78, 5) is 34.2. The zero-order valence-electron chi connectivity index (χ0n) is 20.3. The van der Waals surface area contributed by atoms with E-state index in [2.05, 4.69) is 14.9 Å². The number of benzene rings is 3. The summed E-state index contributed by atoms with van der Waals surface area (Å²) >= 11 is 0. The molecule has 0 spiro atoms. The highest BCUT2D eigenvalue weighted by molar-refractivity contribution is 6.12. The van der Waals surface area contributed by atoms with Crippen molar-refractivity contribution in [1.29, 1.82) is 0 Å². The molecule has 3 aromatic carbocycles. The molecule has 0 atom stereocenters. The van der Waals surface area contributed by atoms with Gasteiger partial charge in [0.05, 0.1) is 11.3 Å². The van der Waals surface area contributed by atoms with Crippen LogP contribution in [0.15, 0.2) is 71.7 Å². The van der Waals surface area contributed by atoms with E-state index in [-0.39, 0.29) is 17.2 Å². The number of primary amides is 1. The van der Waals surface area contributed by atoms with Crippen LogP contribution in [0.2, 0.25) is 0 Å². The van der Waals surface area contributed by atoms with Crippen LogP contribution in [0.5, 0.6) is 11.6 Å². The number of carbonyl (C=O) groups is 2. The maximum atomic E-state index is 13.0. The maximum absolute atomic E-state index is 13.0. The molecule has 0 saturated carbocycles. The molecule has 8 heteroatoms. The number of ketones is 1. The molecule has 1 aliphatic rings. The fraction of sp³-hybridized carbons (Fsp3) is 0.207. The lowest BCUT2D eigenvalue weighted by Gasteiger charge is -2.14. The van der Waals surface area contributed by atoms with Crippen molar-refractivity contribution in [3.05, 3.63) is 89.0 Å². The average Bonchev–Trinajstić information content (AvgIpc) is 3.54. The van der Waals surface area contributed by atoms with Gasteiger partial charge in [0.15, 0.2) is 11.7 Å². The van der Waals surface area contributed by atoms with Crippen molar-refractivity contribution in [3.63, 3.8) is 0 Å². The van der Waals surface area contributed by atoms with Gasteiger partial charge in [-0.1, -0.05) is 24.3 Å². The molecule has 4 N–H and O–H groups in total. The van der Waals surface area contributed by atoms with Gasteiger partial charge in [0.1, 0.15) is 12.4 Å². The van der Waals surface area contributed by atoms with Crippen LogP contribution >= 0.6 is 0 Å². The van der Waals surface area contributed by atoms with E-state index < -0.39 is 5.91 Å². The summed E-state index contributed by atoms with van der Waals surface area (Å²) in [5.74, 6) is -0.0901. The molecule has 1 aliphatic heterocycles. The summed E-state index contributed by atoms with van der Waals surface area (Å²) < 4.78 is 5.84. The number of aromatic hydroxyl groups is 1. The van der Waals surface area contributed by atoms with Crippen molar-refractivity contribution in [1.82, 2.24) is 9.88 Å². The normalized spacial score (nSPS) is 13.9. The summed E-state index contributed by atoms with van der Waals surface area (Å²) in [6.45, 7) is 3.90. The van der Waals surface area contributed by atoms with Gasteiger partial charge in [0, 0.05) is 40.4 Å². The first kappa shape index (κ1) is 24.3. The Kier molecular flexibility index (Phi) is 7.00. The Morgan fingerprint density at radius 3 is 2.49 bits per heavy atom. The van der Waals surface area contributed by atoms with Crippen LogP contribution in [0.4, 0.5) is 5.69 Å². The molecular formula is C29H28N4O4. The third-order valence-electron chi connectivity index (χ3n) is 6.54. The predicted molar refractivity (Wildman–Crippen MR) is 143 cm³/mol. The zero-order chi connectivity index (χ0) is 25.8. The summed E-state index contributed by atoms with van der Waals surface area (Å²) in [6.07, 6.45) is 4.13. The molecule has 0 bridgehead atoms. The Balaban J connectivity index is 1.28. The van der Waals surface area contributed by atoms with Gasteiger partial charge < -0.3 is 20.6 Å². The van der Waals surface area contributed by atoms with Crippen LogP contribution in [0.1, 0.15) is 44.7 Å². The van der Waals surface area contributed by atoms with Crippen molar-refractivity contribution in [2.45, 2.75) is 12.8 Å². The minimum absolute atomic E-state index is 0.0408. The number of nitrogens with zero attached hydrogens (tertiary/aromatic N) is 2. The molecule has 8 nitrogen and oxygen atoms in total. The second-order valence-corrected chi connectivity index (χ2v) is 9.07. The van der Waals surface area contributed by atoms with Crippen LogP contribution in [-0.4, -0.2) is 59.1 Å². The van der Waals surface area contributed by atoms with E-state index in [0.717, 1.165) is 36.5 Å². The molecule has 1 amide bonds. The van der Waals surface area contributed by atoms with Gasteiger partial charge in [-0.15, -0.1) is 0 Å². The minimum atomic E-state index is -0.594. The molecule has 1 aromatic heterocycles. The maximum Gasteiger partial charge on any atom is 0.248 e. The lowest BCUT2D eigenvalue weighted by atomic mass is 10.00. The second kappa shape index (κ2) is 10.7. The lowest BCUT2D eigenvalue weighted by molar-refractivity contribution is 0.1000. The van der Waals surface area contributed by atoms with Gasteiger partial charge in [-0.2, -0.15) is 0 Å². The van der Waals surface area contributed by atoms with E-state index in [0.29, 0.717) is 28.8 Å². The summed E-state index contributed by atoms with van der Waals surface area (Å²) in [6, 6.07) is 18.9. The fourth-order valence-electron chi connectivity index (χ4n) is 4.52. The van der Waals surface area contributed by atoms with Gasteiger partial charge in [-0.3, -0.25) is 19.5 Å². The van der Waals surface area contributed by atoms with Crippen LogP contribution in [0, 0.1) is 0 Å². The van der Waals surface area contributed by atoms with Crippen molar-refractivity contribution < 1.29 is 19.4 Å². The number of ether oxygens (including phenoxy) is 1. The standard InChI is InChI=1S/C29H28N4O4/c30-28(35)21-5-3-4-19(16-21)27(34)20-6-11-24-25(29(36)32-26(24)17-20)18-31-22-7-9-23(10-8-22)37-15-14-33-12-1-2-13-33/h3-11,16-18,32,36H,1-2,12-15H2,(H2,30,35). The van der Waals surface area contributed by atoms with Gasteiger partial charge in [0.2, 0.25) is 5.91 Å². The number of hydrogen-bond donors (Lipinski definition) is 3. The first-order valence-electron chi connectivity index (χ1n) is 12.3. The SMILES string of the molecule is NC(=O)c1cccc(C(=O)c2ccc3c(C=Nc4ccc(OCCN5CCCC5)cc4)c(O)[nH]c3c2)c1. The van der Waals surface area contributed by atoms with Crippen LogP contribution in [0.3, 0.4) is 0 Å². The number of aromatic amines is 1. The fourth-order valence-corrected chi connectivity index (χ4v) is 4.52. The van der Waals surface area contributed by atoms with Crippen molar-refractivity contribution in [2.75, 3.05) is 26.2 Å². The highest BCUT2D eigenvalue weighted by Crippen LogP contribution is 2.28. The Morgan fingerprint density at radius 2 is 1.73 bits per heavy atom. The molecule has 2 heterocycles. The van der Waals surface area contributed by atoms with Gasteiger partial charge in [0.25, 0.3) is 0 Å². The molecule has 37 heavy (non-hydrogen) atoms. The van der Waals surface area contributed by atoms with E-state index in [1.165, 1.54) is 18.9 Å². The first-order chi connectivity index (χ1) is 18.0. The monoisotopic (exact) mass is 496 g/mol. The number of rotatable bonds is 9. The van der Waals surface area contributed by atoms with Crippen molar-refractivity contribution >= 4 is 34.5 Å². The molecular weight excluding hydrogens is 468 g/mol. The minimum Gasteiger partial charge on any atom is -0.494 e. The van der Waals surface area contributed by atoms with E-state index in [4.69, 9.17) is 10.5 Å². The van der Waals surface area contributed by atoms with Gasteiger partial charge >= 0.3 is 0 Å². The molecule has 4 aromatic rings. The molecule has 0 radical (unpaired) electrons. The van der Waals surface area contributed by atoms with Crippen LogP contribution < -0.4 is 10.5 Å². The second-order valence-electron chi connectivity index (χ2n) is 9.07. The van der Waals surface area contributed by atoms with Crippen LogP contribution in [-0.2, 0) is 0 Å². The number of aromatic nitrogens is 1. The Bertz CT molecular complexity index is 1470. The van der Waals surface area contributed by atoms with Gasteiger partial charge in [-0.25, -0.2) is 0 Å². The topological polar surface area (TPSA) is 121 Å². The number of nitrogens with two attached hydrogens (primary N) is 1.